The van der Waals surface area contributed by atoms with Gasteiger partial charge in [0.2, 0.25) is 5.91 Å². The summed E-state index contributed by atoms with van der Waals surface area (Å²) in [6.45, 7) is 1.57. The second-order valence-corrected chi connectivity index (χ2v) is 5.87. The largest absolute Gasteiger partial charge is 0.480 e. The maximum absolute atomic E-state index is 12.2. The lowest BCUT2D eigenvalue weighted by Crippen LogP contribution is -2.41. The molecule has 0 heterocycles. The van der Waals surface area contributed by atoms with Gasteiger partial charge in [-0.05, 0) is 25.2 Å². The van der Waals surface area contributed by atoms with Crippen molar-refractivity contribution < 1.29 is 14.7 Å². The molecule has 2 aliphatic carbocycles. The van der Waals surface area contributed by atoms with Crippen molar-refractivity contribution in [2.75, 3.05) is 7.05 Å². The number of amides is 1. The maximum atomic E-state index is 12.2. The summed E-state index contributed by atoms with van der Waals surface area (Å²) < 4.78 is 0. The number of rotatable bonds is 4. The Morgan fingerprint density at radius 2 is 1.83 bits per heavy atom. The number of carbonyl (C=O) groups excluding carboxylic acids is 1. The molecule has 4 nitrogen and oxygen atoms in total. The van der Waals surface area contributed by atoms with Crippen molar-refractivity contribution in [1.29, 1.82) is 0 Å². The number of nitrogens with zero attached hydrogens (tertiary/aromatic N) is 1. The van der Waals surface area contributed by atoms with Gasteiger partial charge in [-0.3, -0.25) is 4.79 Å². The molecule has 3 atom stereocenters. The lowest BCUT2D eigenvalue weighted by Gasteiger charge is -2.24. The molecule has 0 aromatic heterocycles. The molecule has 2 fully saturated rings. The van der Waals surface area contributed by atoms with Gasteiger partial charge in [0.25, 0.3) is 0 Å². The summed E-state index contributed by atoms with van der Waals surface area (Å²) in [5.41, 5.74) is 0. The zero-order chi connectivity index (χ0) is 13.3. The Morgan fingerprint density at radius 1 is 1.22 bits per heavy atom. The summed E-state index contributed by atoms with van der Waals surface area (Å²) in [5.74, 6) is 0.434. The average Bonchev–Trinajstić information content (AvgIpc) is 3.17. The Labute approximate surface area is 108 Å². The van der Waals surface area contributed by atoms with Crippen LogP contribution < -0.4 is 0 Å². The molecular weight excluding hydrogens is 230 g/mol. The maximum Gasteiger partial charge on any atom is 0.326 e. The van der Waals surface area contributed by atoms with E-state index < -0.39 is 12.0 Å². The Morgan fingerprint density at radius 3 is 2.39 bits per heavy atom. The van der Waals surface area contributed by atoms with Crippen molar-refractivity contribution in [2.45, 2.75) is 51.5 Å². The van der Waals surface area contributed by atoms with Crippen LogP contribution in [0.3, 0.4) is 0 Å². The van der Waals surface area contributed by atoms with Gasteiger partial charge in [0, 0.05) is 13.0 Å². The highest BCUT2D eigenvalue weighted by atomic mass is 16.4. The van der Waals surface area contributed by atoms with E-state index in [0.29, 0.717) is 11.8 Å². The number of hydrogen-bond donors (Lipinski definition) is 1. The molecule has 1 amide bonds. The molecule has 2 saturated carbocycles. The Balaban J connectivity index is 1.86. The first kappa shape index (κ1) is 13.4. The third kappa shape index (κ3) is 2.68. The summed E-state index contributed by atoms with van der Waals surface area (Å²) in [7, 11) is 1.61. The molecule has 0 aliphatic heterocycles. The molecule has 0 aromatic carbocycles. The van der Waals surface area contributed by atoms with Gasteiger partial charge in [0.15, 0.2) is 0 Å². The van der Waals surface area contributed by atoms with Crippen LogP contribution in [-0.2, 0) is 9.59 Å². The predicted octanol–water partition coefficient (Wildman–Crippen LogP) is 2.13. The molecule has 0 bridgehead atoms. The highest BCUT2D eigenvalue weighted by molar-refractivity contribution is 5.86. The van der Waals surface area contributed by atoms with E-state index in [1.807, 2.05) is 0 Å². The van der Waals surface area contributed by atoms with Crippen molar-refractivity contribution in [3.05, 3.63) is 0 Å². The number of likely N-dealkylation sites (N-methyl/N-ethyl adjacent to an activating group) is 1. The van der Waals surface area contributed by atoms with Crippen molar-refractivity contribution in [2.24, 2.45) is 17.8 Å². The lowest BCUT2D eigenvalue weighted by atomic mass is 9.85. The standard InChI is InChI=1S/C14H23NO3/c1-9(14(17)18)15(2)13(16)12-8-11(12)10-6-4-3-5-7-10/h9-12H,3-8H2,1-2H3,(H,17,18). The SMILES string of the molecule is CC(C(=O)O)N(C)C(=O)C1CC1C1CCCCC1. The van der Waals surface area contributed by atoms with E-state index in [4.69, 9.17) is 5.11 Å². The van der Waals surface area contributed by atoms with Gasteiger partial charge in [0.1, 0.15) is 6.04 Å². The van der Waals surface area contributed by atoms with E-state index in [1.54, 1.807) is 14.0 Å². The van der Waals surface area contributed by atoms with Crippen LogP contribution in [0.5, 0.6) is 0 Å². The molecule has 18 heavy (non-hydrogen) atoms. The van der Waals surface area contributed by atoms with Gasteiger partial charge in [-0.2, -0.15) is 0 Å². The molecule has 2 rings (SSSR count). The zero-order valence-electron chi connectivity index (χ0n) is 11.3. The van der Waals surface area contributed by atoms with E-state index >= 15 is 0 Å². The summed E-state index contributed by atoms with van der Waals surface area (Å²) in [6, 6.07) is -0.717. The van der Waals surface area contributed by atoms with Crippen LogP contribution >= 0.6 is 0 Å². The van der Waals surface area contributed by atoms with Crippen LogP contribution in [0.1, 0.15) is 45.4 Å². The Hall–Kier alpha value is -1.06. The molecule has 0 saturated heterocycles. The van der Waals surface area contributed by atoms with E-state index in [-0.39, 0.29) is 11.8 Å². The minimum Gasteiger partial charge on any atom is -0.480 e. The topological polar surface area (TPSA) is 57.6 Å². The predicted molar refractivity (Wildman–Crippen MR) is 68.0 cm³/mol. The van der Waals surface area contributed by atoms with Crippen LogP contribution in [0.15, 0.2) is 0 Å². The third-order valence-corrected chi connectivity index (χ3v) is 4.70. The van der Waals surface area contributed by atoms with Gasteiger partial charge in [-0.25, -0.2) is 4.79 Å². The van der Waals surface area contributed by atoms with Gasteiger partial charge in [-0.15, -0.1) is 0 Å². The van der Waals surface area contributed by atoms with Crippen LogP contribution in [-0.4, -0.2) is 35.0 Å². The normalized spacial score (nSPS) is 29.7. The van der Waals surface area contributed by atoms with E-state index in [1.165, 1.54) is 37.0 Å². The minimum absolute atomic E-state index is 0.0282. The van der Waals surface area contributed by atoms with Gasteiger partial charge < -0.3 is 10.0 Å². The van der Waals surface area contributed by atoms with Gasteiger partial charge in [-0.1, -0.05) is 32.1 Å². The number of carboxylic acid groups (broad SMARTS) is 1. The van der Waals surface area contributed by atoms with Crippen molar-refractivity contribution in [3.63, 3.8) is 0 Å². The summed E-state index contributed by atoms with van der Waals surface area (Å²) in [5, 5.41) is 8.92. The first-order chi connectivity index (χ1) is 8.52. The van der Waals surface area contributed by atoms with Crippen molar-refractivity contribution in [1.82, 2.24) is 4.90 Å². The molecule has 0 spiro atoms. The zero-order valence-corrected chi connectivity index (χ0v) is 11.3. The van der Waals surface area contributed by atoms with E-state index in [2.05, 4.69) is 0 Å². The fraction of sp³-hybridized carbons (Fsp3) is 0.857. The number of hydrogen-bond acceptors (Lipinski definition) is 2. The lowest BCUT2D eigenvalue weighted by molar-refractivity contribution is -0.148. The first-order valence-electron chi connectivity index (χ1n) is 7.02. The van der Waals surface area contributed by atoms with Crippen LogP contribution in [0.4, 0.5) is 0 Å². The molecule has 4 heteroatoms. The molecule has 2 aliphatic rings. The molecule has 1 N–H and O–H groups in total. The highest BCUT2D eigenvalue weighted by Crippen LogP contribution is 2.50. The smallest absolute Gasteiger partial charge is 0.326 e. The van der Waals surface area contributed by atoms with Gasteiger partial charge >= 0.3 is 5.97 Å². The molecule has 102 valence electrons. The second-order valence-electron chi connectivity index (χ2n) is 5.87. The Kier molecular flexibility index (Phi) is 3.93. The molecular formula is C14H23NO3. The van der Waals surface area contributed by atoms with E-state index in [0.717, 1.165) is 6.42 Å². The van der Waals surface area contributed by atoms with Crippen molar-refractivity contribution in [3.8, 4) is 0 Å². The van der Waals surface area contributed by atoms with Crippen LogP contribution in [0.2, 0.25) is 0 Å². The fourth-order valence-electron chi connectivity index (χ4n) is 3.20. The fourth-order valence-corrected chi connectivity index (χ4v) is 3.20. The second kappa shape index (κ2) is 5.29. The van der Waals surface area contributed by atoms with Crippen LogP contribution in [0.25, 0.3) is 0 Å². The highest BCUT2D eigenvalue weighted by Gasteiger charge is 2.49. The summed E-state index contributed by atoms with van der Waals surface area (Å²) in [4.78, 5) is 24.4. The quantitative estimate of drug-likeness (QED) is 0.835. The van der Waals surface area contributed by atoms with Gasteiger partial charge in [0.05, 0.1) is 0 Å². The number of carbonyl (C=O) groups is 2. The summed E-state index contributed by atoms with van der Waals surface area (Å²) >= 11 is 0. The Bertz CT molecular complexity index is 336. The number of aliphatic carboxylic acids is 1. The first-order valence-corrected chi connectivity index (χ1v) is 7.02. The molecule has 0 aromatic rings. The summed E-state index contributed by atoms with van der Waals surface area (Å²) in [6.07, 6.45) is 7.41. The molecule has 0 radical (unpaired) electrons. The van der Waals surface area contributed by atoms with E-state index in [9.17, 15) is 9.59 Å². The number of carboxylic acids is 1. The average molecular weight is 253 g/mol. The molecule has 3 unspecified atom stereocenters. The van der Waals surface area contributed by atoms with Crippen molar-refractivity contribution >= 4 is 11.9 Å². The van der Waals surface area contributed by atoms with Crippen LogP contribution in [0, 0.1) is 17.8 Å². The minimum atomic E-state index is -0.930. The third-order valence-electron chi connectivity index (χ3n) is 4.70. The monoisotopic (exact) mass is 253 g/mol.